The molecule has 0 aromatic heterocycles. The average molecular weight is 451 g/mol. The minimum absolute atomic E-state index is 0.0223. The third-order valence-electron chi connectivity index (χ3n) is 4.84. The number of nitrogens with one attached hydrogen (secondary N) is 1. The Bertz CT molecular complexity index is 942. The zero-order valence-electron chi connectivity index (χ0n) is 15.4. The van der Waals surface area contributed by atoms with Gasteiger partial charge in [-0.05, 0) is 60.7 Å². The molecule has 0 spiro atoms. The molecule has 0 fully saturated rings. The number of nitrogens with zero attached hydrogens (tertiary/aromatic N) is 1. The fraction of sp³-hybridized carbons (Fsp3) is 0.350. The van der Waals surface area contributed by atoms with Crippen molar-refractivity contribution in [3.8, 4) is 0 Å². The molecule has 1 aliphatic rings. The first kappa shape index (κ1) is 20.0. The molecule has 0 aliphatic carbocycles. The van der Waals surface area contributed by atoms with Gasteiger partial charge < -0.3 is 4.90 Å². The summed E-state index contributed by atoms with van der Waals surface area (Å²) >= 11 is 3.40. The van der Waals surface area contributed by atoms with Crippen LogP contribution in [0.1, 0.15) is 43.9 Å². The smallest absolute Gasteiger partial charge is 0.241 e. The summed E-state index contributed by atoms with van der Waals surface area (Å²) in [6, 6.07) is 12.4. The summed E-state index contributed by atoms with van der Waals surface area (Å²) in [5, 5.41) is 0. The monoisotopic (exact) mass is 450 g/mol. The van der Waals surface area contributed by atoms with Crippen LogP contribution >= 0.6 is 15.9 Å². The van der Waals surface area contributed by atoms with E-state index in [2.05, 4.69) is 20.7 Å². The number of rotatable bonds is 5. The van der Waals surface area contributed by atoms with E-state index in [4.69, 9.17) is 0 Å². The molecule has 144 valence electrons. The number of aryl methyl sites for hydroxylation is 1. The van der Waals surface area contributed by atoms with E-state index in [1.807, 2.05) is 31.2 Å². The van der Waals surface area contributed by atoms with Crippen molar-refractivity contribution in [2.24, 2.45) is 0 Å². The van der Waals surface area contributed by atoms with Crippen molar-refractivity contribution >= 4 is 37.5 Å². The first-order valence-corrected chi connectivity index (χ1v) is 11.3. The Hall–Kier alpha value is -1.70. The average Bonchev–Trinajstić information content (AvgIpc) is 2.65. The number of sulfonamides is 1. The van der Waals surface area contributed by atoms with Gasteiger partial charge in [0.15, 0.2) is 0 Å². The van der Waals surface area contributed by atoms with Crippen LogP contribution < -0.4 is 9.62 Å². The van der Waals surface area contributed by atoms with Crippen LogP contribution in [0.4, 0.5) is 5.69 Å². The van der Waals surface area contributed by atoms with Crippen molar-refractivity contribution in [2.45, 2.75) is 44.0 Å². The highest BCUT2D eigenvalue weighted by molar-refractivity contribution is 9.10. The van der Waals surface area contributed by atoms with E-state index in [0.29, 0.717) is 13.0 Å². The fourth-order valence-corrected chi connectivity index (χ4v) is 5.03. The van der Waals surface area contributed by atoms with Crippen molar-refractivity contribution < 1.29 is 13.2 Å². The zero-order valence-corrected chi connectivity index (χ0v) is 17.8. The van der Waals surface area contributed by atoms with E-state index in [9.17, 15) is 13.2 Å². The predicted molar refractivity (Wildman–Crippen MR) is 110 cm³/mol. The van der Waals surface area contributed by atoms with Gasteiger partial charge in [0.1, 0.15) is 0 Å². The lowest BCUT2D eigenvalue weighted by Gasteiger charge is -2.29. The molecule has 27 heavy (non-hydrogen) atoms. The molecule has 1 heterocycles. The maximum atomic E-state index is 12.9. The van der Waals surface area contributed by atoms with Crippen molar-refractivity contribution in [1.82, 2.24) is 4.72 Å². The summed E-state index contributed by atoms with van der Waals surface area (Å²) in [5.74, 6) is -0.0223. The lowest BCUT2D eigenvalue weighted by Crippen LogP contribution is -2.34. The molecule has 0 saturated heterocycles. The molecule has 2 aromatic carbocycles. The van der Waals surface area contributed by atoms with Crippen LogP contribution in [-0.2, 0) is 21.2 Å². The topological polar surface area (TPSA) is 66.5 Å². The number of hydrogen-bond acceptors (Lipinski definition) is 3. The maximum absolute atomic E-state index is 12.9. The largest absolute Gasteiger partial charge is 0.312 e. The standard InChI is InChI=1S/C20H23BrN2O3S/c1-3-19(15-6-8-17(21)9-7-15)22-27(25,26)18-10-11-20-16(13-18)5-4-12-23(20)14(2)24/h6-11,13,19,22H,3-5,12H2,1-2H3. The van der Waals surface area contributed by atoms with Gasteiger partial charge in [-0.3, -0.25) is 4.79 Å². The highest BCUT2D eigenvalue weighted by Crippen LogP contribution is 2.30. The zero-order chi connectivity index (χ0) is 19.6. The van der Waals surface area contributed by atoms with Gasteiger partial charge in [0.25, 0.3) is 0 Å². The molecule has 1 unspecified atom stereocenters. The summed E-state index contributed by atoms with van der Waals surface area (Å²) in [5.41, 5.74) is 2.63. The van der Waals surface area contributed by atoms with Crippen LogP contribution in [-0.4, -0.2) is 20.9 Å². The van der Waals surface area contributed by atoms with E-state index in [0.717, 1.165) is 34.1 Å². The minimum Gasteiger partial charge on any atom is -0.312 e. The predicted octanol–water partition coefficient (Wildman–Crippen LogP) is 4.18. The third kappa shape index (κ3) is 4.42. The lowest BCUT2D eigenvalue weighted by molar-refractivity contribution is -0.116. The van der Waals surface area contributed by atoms with E-state index in [1.54, 1.807) is 23.1 Å². The van der Waals surface area contributed by atoms with Gasteiger partial charge in [-0.15, -0.1) is 0 Å². The first-order chi connectivity index (χ1) is 12.8. The maximum Gasteiger partial charge on any atom is 0.241 e. The Morgan fingerprint density at radius 2 is 1.93 bits per heavy atom. The summed E-state index contributed by atoms with van der Waals surface area (Å²) in [7, 11) is -3.67. The summed E-state index contributed by atoms with van der Waals surface area (Å²) < 4.78 is 29.6. The number of fused-ring (bicyclic) bond motifs is 1. The van der Waals surface area contributed by atoms with Crippen LogP contribution in [0.15, 0.2) is 51.8 Å². The van der Waals surface area contributed by atoms with E-state index >= 15 is 0 Å². The molecule has 1 amide bonds. The number of amides is 1. The molecule has 1 atom stereocenters. The molecule has 0 radical (unpaired) electrons. The number of carbonyl (C=O) groups excluding carboxylic acids is 1. The van der Waals surface area contributed by atoms with Gasteiger partial charge in [-0.1, -0.05) is 35.0 Å². The van der Waals surface area contributed by atoms with Crippen LogP contribution in [0, 0.1) is 0 Å². The third-order valence-corrected chi connectivity index (χ3v) is 6.84. The Kier molecular flexibility index (Phi) is 6.03. The normalized spacial score (nSPS) is 15.3. The summed E-state index contributed by atoms with van der Waals surface area (Å²) in [6.07, 6.45) is 2.25. The van der Waals surface area contributed by atoms with Gasteiger partial charge in [0.05, 0.1) is 4.90 Å². The van der Waals surface area contributed by atoms with Crippen molar-refractivity contribution in [1.29, 1.82) is 0 Å². The molecule has 7 heteroatoms. The highest BCUT2D eigenvalue weighted by atomic mass is 79.9. The Balaban J connectivity index is 1.88. The number of anilines is 1. The van der Waals surface area contributed by atoms with Gasteiger partial charge >= 0.3 is 0 Å². The number of benzene rings is 2. The van der Waals surface area contributed by atoms with Crippen LogP contribution in [0.5, 0.6) is 0 Å². The van der Waals surface area contributed by atoms with Gasteiger partial charge in [0, 0.05) is 29.7 Å². The number of hydrogen-bond donors (Lipinski definition) is 1. The fourth-order valence-electron chi connectivity index (χ4n) is 3.41. The van der Waals surface area contributed by atoms with Crippen LogP contribution in [0.3, 0.4) is 0 Å². The van der Waals surface area contributed by atoms with Crippen molar-refractivity contribution in [2.75, 3.05) is 11.4 Å². The second-order valence-corrected chi connectivity index (χ2v) is 9.33. The molecule has 1 aliphatic heterocycles. The minimum atomic E-state index is -3.67. The second-order valence-electron chi connectivity index (χ2n) is 6.70. The molecule has 3 rings (SSSR count). The van der Waals surface area contributed by atoms with Crippen LogP contribution in [0.2, 0.25) is 0 Å². The summed E-state index contributed by atoms with van der Waals surface area (Å²) in [6.45, 7) is 4.16. The van der Waals surface area contributed by atoms with E-state index < -0.39 is 10.0 Å². The second kappa shape index (κ2) is 8.12. The molecule has 2 aromatic rings. The number of carbonyl (C=O) groups is 1. The lowest BCUT2D eigenvalue weighted by atomic mass is 10.0. The quantitative estimate of drug-likeness (QED) is 0.742. The van der Waals surface area contributed by atoms with Crippen molar-refractivity contribution in [3.63, 3.8) is 0 Å². The summed E-state index contributed by atoms with van der Waals surface area (Å²) in [4.78, 5) is 13.7. The number of halogens is 1. The van der Waals surface area contributed by atoms with E-state index in [-0.39, 0.29) is 16.8 Å². The SMILES string of the molecule is CCC(NS(=O)(=O)c1ccc2c(c1)CCCN2C(C)=O)c1ccc(Br)cc1. The molecular formula is C20H23BrN2O3S. The van der Waals surface area contributed by atoms with Gasteiger partial charge in [-0.2, -0.15) is 0 Å². The molecule has 0 bridgehead atoms. The molecule has 1 N–H and O–H groups in total. The van der Waals surface area contributed by atoms with Crippen molar-refractivity contribution in [3.05, 3.63) is 58.1 Å². The van der Waals surface area contributed by atoms with Gasteiger partial charge in [0.2, 0.25) is 15.9 Å². The molecular weight excluding hydrogens is 428 g/mol. The van der Waals surface area contributed by atoms with E-state index in [1.165, 1.54) is 6.92 Å². The first-order valence-electron chi connectivity index (χ1n) is 9.00. The highest BCUT2D eigenvalue weighted by Gasteiger charge is 2.25. The molecule has 5 nitrogen and oxygen atoms in total. The van der Waals surface area contributed by atoms with Crippen LogP contribution in [0.25, 0.3) is 0 Å². The Morgan fingerprint density at radius 3 is 2.56 bits per heavy atom. The molecule has 0 saturated carbocycles. The Morgan fingerprint density at radius 1 is 1.22 bits per heavy atom. The Labute approximate surface area is 169 Å². The van der Waals surface area contributed by atoms with Gasteiger partial charge in [-0.25, -0.2) is 13.1 Å².